The van der Waals surface area contributed by atoms with Gasteiger partial charge in [-0.2, -0.15) is 0 Å². The molecule has 3 aromatic rings. The molecular weight excluding hydrogens is 388 g/mol. The number of rotatable bonds is 9. The van der Waals surface area contributed by atoms with Crippen molar-refractivity contribution >= 4 is 11.6 Å². The van der Waals surface area contributed by atoms with E-state index in [1.807, 2.05) is 83.9 Å². The zero-order valence-corrected chi connectivity index (χ0v) is 17.8. The molecule has 0 N–H and O–H groups in total. The van der Waals surface area contributed by atoms with Gasteiger partial charge in [-0.05, 0) is 23.8 Å². The van der Waals surface area contributed by atoms with E-state index >= 15 is 0 Å². The average Bonchev–Trinajstić information content (AvgIpc) is 2.81. The van der Waals surface area contributed by atoms with E-state index in [1.165, 1.54) is 0 Å². The van der Waals surface area contributed by atoms with Crippen LogP contribution < -0.4 is 14.5 Å². The molecule has 0 fully saturated rings. The number of carbonyl (C=O) groups is 1. The first-order valence-electron chi connectivity index (χ1n) is 10.0. The van der Waals surface area contributed by atoms with Gasteiger partial charge < -0.3 is 9.47 Å². The smallest absolute Gasteiger partial charge is 0.238 e. The summed E-state index contributed by atoms with van der Waals surface area (Å²) in [6.45, 7) is 2.51. The molecule has 0 spiro atoms. The monoisotopic (exact) mass is 414 g/mol. The van der Waals surface area contributed by atoms with Gasteiger partial charge in [-0.3, -0.25) is 9.80 Å². The topological polar surface area (TPSA) is 42.0 Å². The molecule has 0 saturated carbocycles. The van der Waals surface area contributed by atoms with Crippen molar-refractivity contribution in [3.05, 3.63) is 90.0 Å². The van der Waals surface area contributed by atoms with Crippen LogP contribution >= 0.6 is 0 Å². The van der Waals surface area contributed by atoms with Gasteiger partial charge in [-0.1, -0.05) is 66.6 Å². The molecule has 0 saturated heterocycles. The van der Waals surface area contributed by atoms with E-state index < -0.39 is 0 Å². The van der Waals surface area contributed by atoms with Crippen LogP contribution in [0.1, 0.15) is 18.1 Å². The molecule has 0 aromatic heterocycles. The van der Waals surface area contributed by atoms with E-state index in [1.54, 1.807) is 19.0 Å². The number of terminal acetylenes is 1. The Labute approximate surface area is 183 Å². The molecule has 5 heteroatoms. The molecule has 1 amide bonds. The Balaban J connectivity index is 2.00. The molecule has 158 valence electrons. The largest absolute Gasteiger partial charge is 0.493 e. The second-order valence-corrected chi connectivity index (χ2v) is 6.90. The average molecular weight is 415 g/mol. The molecule has 0 aliphatic carbocycles. The van der Waals surface area contributed by atoms with Gasteiger partial charge in [0.15, 0.2) is 11.5 Å². The van der Waals surface area contributed by atoms with Gasteiger partial charge in [0, 0.05) is 12.5 Å². The van der Waals surface area contributed by atoms with Crippen molar-refractivity contribution in [1.29, 1.82) is 0 Å². The SMILES string of the molecule is C#CCOc1c(CN(C(C)=O)N(Cc2ccccc2)c2ccccc2)cccc1OC. The molecule has 3 aromatic carbocycles. The van der Waals surface area contributed by atoms with Crippen LogP contribution in [0.5, 0.6) is 11.5 Å². The van der Waals surface area contributed by atoms with Gasteiger partial charge in [0.1, 0.15) is 6.61 Å². The number of nitrogens with zero attached hydrogens (tertiary/aromatic N) is 2. The van der Waals surface area contributed by atoms with Crippen molar-refractivity contribution in [2.75, 3.05) is 18.7 Å². The van der Waals surface area contributed by atoms with Crippen molar-refractivity contribution in [2.45, 2.75) is 20.0 Å². The van der Waals surface area contributed by atoms with E-state index in [0.717, 1.165) is 16.8 Å². The molecule has 0 bridgehead atoms. The highest BCUT2D eigenvalue weighted by molar-refractivity contribution is 5.75. The quantitative estimate of drug-likeness (QED) is 0.377. The fourth-order valence-electron chi connectivity index (χ4n) is 3.32. The first kappa shape index (κ1) is 21.8. The number of methoxy groups -OCH3 is 1. The summed E-state index contributed by atoms with van der Waals surface area (Å²) in [5.41, 5.74) is 2.81. The van der Waals surface area contributed by atoms with Crippen molar-refractivity contribution in [3.63, 3.8) is 0 Å². The second kappa shape index (κ2) is 10.7. The van der Waals surface area contributed by atoms with Crippen molar-refractivity contribution in [2.24, 2.45) is 0 Å². The maximum absolute atomic E-state index is 12.8. The van der Waals surface area contributed by atoms with Gasteiger partial charge in [0.25, 0.3) is 0 Å². The van der Waals surface area contributed by atoms with Crippen LogP contribution in [0.15, 0.2) is 78.9 Å². The number of hydrogen-bond acceptors (Lipinski definition) is 4. The third-order valence-corrected chi connectivity index (χ3v) is 4.78. The van der Waals surface area contributed by atoms with E-state index in [0.29, 0.717) is 24.6 Å². The standard InChI is InChI=1S/C26H26N2O3/c1-4-18-31-26-23(14-11-17-25(26)30-3)20-27(21(2)29)28(24-15-9-6-10-16-24)19-22-12-7-5-8-13-22/h1,5-17H,18-20H2,2-3H3. The molecule has 0 radical (unpaired) electrons. The molecule has 0 aliphatic heterocycles. The van der Waals surface area contributed by atoms with E-state index in [4.69, 9.17) is 15.9 Å². The number of benzene rings is 3. The van der Waals surface area contributed by atoms with Crippen LogP contribution in [0.2, 0.25) is 0 Å². The molecule has 0 unspecified atom stereocenters. The summed E-state index contributed by atoms with van der Waals surface area (Å²) in [6, 6.07) is 25.5. The maximum atomic E-state index is 12.8. The summed E-state index contributed by atoms with van der Waals surface area (Å²) in [4.78, 5) is 12.8. The molecule has 3 rings (SSSR count). The number of ether oxygens (including phenoxy) is 2. The number of carbonyl (C=O) groups excluding carboxylic acids is 1. The fraction of sp³-hybridized carbons (Fsp3) is 0.192. The Kier molecular flexibility index (Phi) is 7.56. The first-order chi connectivity index (χ1) is 15.1. The summed E-state index contributed by atoms with van der Waals surface area (Å²) in [5.74, 6) is 3.51. The Morgan fingerprint density at radius 3 is 2.23 bits per heavy atom. The van der Waals surface area contributed by atoms with Crippen molar-refractivity contribution in [1.82, 2.24) is 5.01 Å². The van der Waals surface area contributed by atoms with Crippen LogP contribution in [-0.4, -0.2) is 24.6 Å². The molecule has 0 heterocycles. The summed E-state index contributed by atoms with van der Waals surface area (Å²) in [7, 11) is 1.58. The van der Waals surface area contributed by atoms with E-state index in [2.05, 4.69) is 5.92 Å². The molecular formula is C26H26N2O3. The molecule has 0 atom stereocenters. The zero-order valence-electron chi connectivity index (χ0n) is 17.8. The van der Waals surface area contributed by atoms with Crippen LogP contribution in [0, 0.1) is 12.3 Å². The van der Waals surface area contributed by atoms with Gasteiger partial charge in [-0.25, -0.2) is 5.01 Å². The lowest BCUT2D eigenvalue weighted by atomic mass is 10.1. The van der Waals surface area contributed by atoms with Crippen molar-refractivity contribution in [3.8, 4) is 23.8 Å². The lowest BCUT2D eigenvalue weighted by Crippen LogP contribution is -2.45. The summed E-state index contributed by atoms with van der Waals surface area (Å²) in [6.07, 6.45) is 5.39. The number of anilines is 1. The van der Waals surface area contributed by atoms with Crippen LogP contribution in [-0.2, 0) is 17.9 Å². The lowest BCUT2D eigenvalue weighted by molar-refractivity contribution is -0.130. The molecule has 31 heavy (non-hydrogen) atoms. The zero-order chi connectivity index (χ0) is 22.1. The maximum Gasteiger partial charge on any atom is 0.238 e. The predicted octanol–water partition coefficient (Wildman–Crippen LogP) is 4.68. The fourth-order valence-corrected chi connectivity index (χ4v) is 3.32. The van der Waals surface area contributed by atoms with Crippen LogP contribution in [0.3, 0.4) is 0 Å². The van der Waals surface area contributed by atoms with Crippen LogP contribution in [0.25, 0.3) is 0 Å². The van der Waals surface area contributed by atoms with Gasteiger partial charge in [0.05, 0.1) is 25.9 Å². The lowest BCUT2D eigenvalue weighted by Gasteiger charge is -2.36. The van der Waals surface area contributed by atoms with E-state index in [-0.39, 0.29) is 12.5 Å². The third kappa shape index (κ3) is 5.58. The normalized spacial score (nSPS) is 10.1. The summed E-state index contributed by atoms with van der Waals surface area (Å²) < 4.78 is 11.2. The Morgan fingerprint density at radius 2 is 1.61 bits per heavy atom. The first-order valence-corrected chi connectivity index (χ1v) is 10.0. The highest BCUT2D eigenvalue weighted by Crippen LogP contribution is 2.33. The number of amides is 1. The third-order valence-electron chi connectivity index (χ3n) is 4.78. The van der Waals surface area contributed by atoms with Gasteiger partial charge in [-0.15, -0.1) is 6.42 Å². The Hall–Kier alpha value is -3.91. The minimum absolute atomic E-state index is 0.0921. The minimum atomic E-state index is -0.0921. The molecule has 0 aliphatic rings. The van der Waals surface area contributed by atoms with E-state index in [9.17, 15) is 4.79 Å². The minimum Gasteiger partial charge on any atom is -0.493 e. The number of hydrazine groups is 1. The second-order valence-electron chi connectivity index (χ2n) is 6.90. The van der Waals surface area contributed by atoms with Crippen molar-refractivity contribution < 1.29 is 14.3 Å². The summed E-state index contributed by atoms with van der Waals surface area (Å²) in [5, 5.41) is 3.68. The predicted molar refractivity (Wildman–Crippen MR) is 123 cm³/mol. The highest BCUT2D eigenvalue weighted by Gasteiger charge is 2.22. The molecule has 5 nitrogen and oxygen atoms in total. The van der Waals surface area contributed by atoms with Crippen LogP contribution in [0.4, 0.5) is 5.69 Å². The number of hydrogen-bond donors (Lipinski definition) is 0. The Morgan fingerprint density at radius 1 is 0.935 bits per heavy atom. The highest BCUT2D eigenvalue weighted by atomic mass is 16.5. The number of para-hydroxylation sites is 2. The van der Waals surface area contributed by atoms with Gasteiger partial charge in [0.2, 0.25) is 5.91 Å². The van der Waals surface area contributed by atoms with Gasteiger partial charge >= 0.3 is 0 Å². The Bertz CT molecular complexity index is 1030. The summed E-state index contributed by atoms with van der Waals surface area (Å²) >= 11 is 0.